The van der Waals surface area contributed by atoms with Gasteiger partial charge in [-0.3, -0.25) is 9.59 Å². The molecule has 1 amide bonds. The molecule has 7 nitrogen and oxygen atoms in total. The van der Waals surface area contributed by atoms with Crippen LogP contribution in [0.4, 0.5) is 0 Å². The van der Waals surface area contributed by atoms with E-state index < -0.39 is 0 Å². The molecule has 1 saturated carbocycles. The van der Waals surface area contributed by atoms with Crippen molar-refractivity contribution < 1.29 is 9.53 Å². The molecule has 38 heavy (non-hydrogen) atoms. The van der Waals surface area contributed by atoms with Gasteiger partial charge < -0.3 is 15.4 Å². The van der Waals surface area contributed by atoms with Crippen molar-refractivity contribution in [1.82, 2.24) is 14.7 Å². The number of rotatable bonds is 5. The van der Waals surface area contributed by atoms with Gasteiger partial charge in [0.05, 0.1) is 24.9 Å². The normalized spacial score (nSPS) is 21.2. The quantitative estimate of drug-likeness (QED) is 0.465. The smallest absolute Gasteiger partial charge is 0.267 e. The first-order valence-electron chi connectivity index (χ1n) is 12.5. The molecule has 2 fully saturated rings. The van der Waals surface area contributed by atoms with Crippen molar-refractivity contribution in [3.05, 3.63) is 87.2 Å². The number of hydrogen-bond donors (Lipinski definition) is 1. The third-order valence-electron chi connectivity index (χ3n) is 7.61. The Morgan fingerprint density at radius 2 is 1.74 bits per heavy atom. The van der Waals surface area contributed by atoms with Crippen LogP contribution in [0.15, 0.2) is 65.5 Å². The largest absolute Gasteiger partial charge is 0.378 e. The van der Waals surface area contributed by atoms with Gasteiger partial charge in [-0.1, -0.05) is 35.9 Å². The number of aromatic nitrogens is 2. The fourth-order valence-electron chi connectivity index (χ4n) is 5.43. The maximum Gasteiger partial charge on any atom is 0.267 e. The number of halogens is 3. The van der Waals surface area contributed by atoms with E-state index in [1.165, 1.54) is 0 Å². The minimum Gasteiger partial charge on any atom is -0.378 e. The van der Waals surface area contributed by atoms with Crippen molar-refractivity contribution >= 4 is 42.3 Å². The van der Waals surface area contributed by atoms with Crippen molar-refractivity contribution in [2.45, 2.75) is 37.1 Å². The molecule has 2 aromatic carbocycles. The molecule has 5 rings (SSSR count). The molecule has 1 aliphatic carbocycles. The highest BCUT2D eigenvalue weighted by atomic mass is 35.5. The van der Waals surface area contributed by atoms with Gasteiger partial charge in [-0.05, 0) is 61.6 Å². The van der Waals surface area contributed by atoms with Crippen LogP contribution in [0.3, 0.4) is 0 Å². The van der Waals surface area contributed by atoms with E-state index in [0.29, 0.717) is 49.1 Å². The van der Waals surface area contributed by atoms with E-state index in [2.05, 4.69) is 6.07 Å². The summed E-state index contributed by atoms with van der Waals surface area (Å²) in [6, 6.07) is 18.7. The highest BCUT2D eigenvalue weighted by molar-refractivity contribution is 6.30. The van der Waals surface area contributed by atoms with Gasteiger partial charge in [-0.15, -0.1) is 24.8 Å². The van der Waals surface area contributed by atoms with Crippen LogP contribution in [0.2, 0.25) is 5.02 Å². The third-order valence-corrected chi connectivity index (χ3v) is 7.85. The van der Waals surface area contributed by atoms with E-state index in [4.69, 9.17) is 27.2 Å². The standard InChI is InChI=1S/C28H31ClN4O3.2ClH/c29-23-6-2-5-22(18-23)28(19-30)11-9-24(10-12-28)33-26(34)8-7-25(31-33)20-3-1-4-21(17-20)27(35)32-13-15-36-16-14-32;;/h1-8,17-18,24H,9-16,19,30H2;2*1H. The molecule has 0 bridgehead atoms. The average molecular weight is 580 g/mol. The van der Waals surface area contributed by atoms with Gasteiger partial charge in [0.15, 0.2) is 0 Å². The van der Waals surface area contributed by atoms with Crippen molar-refractivity contribution in [1.29, 1.82) is 0 Å². The van der Waals surface area contributed by atoms with Gasteiger partial charge in [0.2, 0.25) is 0 Å². The van der Waals surface area contributed by atoms with Gasteiger partial charge in [0, 0.05) is 47.3 Å². The number of amides is 1. The van der Waals surface area contributed by atoms with E-state index >= 15 is 0 Å². The van der Waals surface area contributed by atoms with Crippen LogP contribution in [0.25, 0.3) is 11.3 Å². The summed E-state index contributed by atoms with van der Waals surface area (Å²) in [7, 11) is 0. The first-order chi connectivity index (χ1) is 17.5. The Morgan fingerprint density at radius 3 is 2.42 bits per heavy atom. The Labute approximate surface area is 240 Å². The van der Waals surface area contributed by atoms with E-state index in [9.17, 15) is 9.59 Å². The fraction of sp³-hybridized carbons (Fsp3) is 0.393. The zero-order valence-electron chi connectivity index (χ0n) is 21.1. The van der Waals surface area contributed by atoms with Crippen molar-refractivity contribution in [3.8, 4) is 11.3 Å². The first-order valence-corrected chi connectivity index (χ1v) is 12.9. The van der Waals surface area contributed by atoms with Gasteiger partial charge >= 0.3 is 0 Å². The molecular weight excluding hydrogens is 547 g/mol. The topological polar surface area (TPSA) is 90.5 Å². The molecule has 1 aromatic heterocycles. The fourth-order valence-corrected chi connectivity index (χ4v) is 5.62. The highest BCUT2D eigenvalue weighted by Crippen LogP contribution is 2.42. The zero-order chi connectivity index (χ0) is 25.1. The number of benzene rings is 2. The first kappa shape index (κ1) is 30.1. The molecular formula is C28H33Cl3N4O3. The van der Waals surface area contributed by atoms with E-state index in [1.54, 1.807) is 16.8 Å². The number of nitrogens with zero attached hydrogens (tertiary/aromatic N) is 3. The van der Waals surface area contributed by atoms with Crippen LogP contribution < -0.4 is 11.3 Å². The lowest BCUT2D eigenvalue weighted by atomic mass is 9.68. The lowest BCUT2D eigenvalue weighted by Gasteiger charge is -2.40. The molecule has 1 saturated heterocycles. The Morgan fingerprint density at radius 1 is 1.03 bits per heavy atom. The third kappa shape index (κ3) is 6.24. The summed E-state index contributed by atoms with van der Waals surface area (Å²) in [4.78, 5) is 27.6. The maximum atomic E-state index is 13.0. The number of carbonyl (C=O) groups is 1. The van der Waals surface area contributed by atoms with Crippen LogP contribution in [-0.4, -0.2) is 53.4 Å². The van der Waals surface area contributed by atoms with Crippen LogP contribution in [0.5, 0.6) is 0 Å². The van der Waals surface area contributed by atoms with Crippen molar-refractivity contribution in [2.75, 3.05) is 32.8 Å². The second-order valence-electron chi connectivity index (χ2n) is 9.71. The number of hydrogen-bond acceptors (Lipinski definition) is 5. The summed E-state index contributed by atoms with van der Waals surface area (Å²) in [6.07, 6.45) is 3.32. The molecule has 1 aliphatic heterocycles. The lowest BCUT2D eigenvalue weighted by Crippen LogP contribution is -2.41. The predicted molar refractivity (Wildman–Crippen MR) is 155 cm³/mol. The molecule has 0 atom stereocenters. The van der Waals surface area contributed by atoms with Crippen LogP contribution >= 0.6 is 36.4 Å². The lowest BCUT2D eigenvalue weighted by molar-refractivity contribution is 0.0303. The summed E-state index contributed by atoms with van der Waals surface area (Å²) in [5.74, 6) is -0.0140. The van der Waals surface area contributed by atoms with Crippen LogP contribution in [-0.2, 0) is 10.2 Å². The molecule has 2 N–H and O–H groups in total. The Hall–Kier alpha value is -2.42. The minimum atomic E-state index is -0.142. The van der Waals surface area contributed by atoms with Gasteiger partial charge in [0.1, 0.15) is 0 Å². The highest BCUT2D eigenvalue weighted by Gasteiger charge is 2.37. The summed E-state index contributed by atoms with van der Waals surface area (Å²) in [5.41, 5.74) is 9.26. The molecule has 2 aliphatic rings. The molecule has 204 valence electrons. The summed E-state index contributed by atoms with van der Waals surface area (Å²) in [5, 5.41) is 5.46. The summed E-state index contributed by atoms with van der Waals surface area (Å²) < 4.78 is 6.98. The number of carbonyl (C=O) groups excluding carboxylic acids is 1. The Balaban J connectivity index is 0.00000200. The zero-order valence-corrected chi connectivity index (χ0v) is 23.4. The van der Waals surface area contributed by atoms with E-state index in [0.717, 1.165) is 36.8 Å². The van der Waals surface area contributed by atoms with Gasteiger partial charge in [-0.2, -0.15) is 5.10 Å². The molecule has 2 heterocycles. The van der Waals surface area contributed by atoms with Crippen molar-refractivity contribution in [3.63, 3.8) is 0 Å². The molecule has 3 aromatic rings. The Bertz CT molecular complexity index is 1300. The number of morpholine rings is 1. The van der Waals surface area contributed by atoms with Crippen LogP contribution in [0.1, 0.15) is 47.6 Å². The van der Waals surface area contributed by atoms with Gasteiger partial charge in [-0.25, -0.2) is 4.68 Å². The SMILES string of the molecule is Cl.Cl.NCC1(c2cccc(Cl)c2)CCC(n2nc(-c3cccc(C(=O)N4CCOCC4)c3)ccc2=O)CC1. The maximum absolute atomic E-state index is 13.0. The molecule has 0 spiro atoms. The Kier molecular flexibility index (Phi) is 10.4. The van der Waals surface area contributed by atoms with E-state index in [1.807, 2.05) is 47.4 Å². The molecule has 0 radical (unpaired) electrons. The predicted octanol–water partition coefficient (Wildman–Crippen LogP) is 4.89. The van der Waals surface area contributed by atoms with Gasteiger partial charge in [0.25, 0.3) is 11.5 Å². The molecule has 10 heteroatoms. The second kappa shape index (κ2) is 13.1. The number of nitrogens with two attached hydrogens (primary N) is 1. The van der Waals surface area contributed by atoms with Crippen molar-refractivity contribution in [2.24, 2.45) is 5.73 Å². The van der Waals surface area contributed by atoms with Crippen LogP contribution in [0, 0.1) is 0 Å². The number of ether oxygens (including phenoxy) is 1. The summed E-state index contributed by atoms with van der Waals surface area (Å²) >= 11 is 6.25. The second-order valence-corrected chi connectivity index (χ2v) is 10.1. The minimum absolute atomic E-state index is 0. The van der Waals surface area contributed by atoms with E-state index in [-0.39, 0.29) is 47.7 Å². The average Bonchev–Trinajstić information content (AvgIpc) is 2.93. The monoisotopic (exact) mass is 578 g/mol. The molecule has 0 unspecified atom stereocenters. The summed E-state index contributed by atoms with van der Waals surface area (Å²) in [6.45, 7) is 2.83.